The van der Waals surface area contributed by atoms with E-state index in [4.69, 9.17) is 5.10 Å². The topological polar surface area (TPSA) is 29.9 Å². The molecule has 0 radical (unpaired) electrons. The lowest BCUT2D eigenvalue weighted by Gasteiger charge is -2.17. The van der Waals surface area contributed by atoms with Crippen LogP contribution >= 0.6 is 0 Å². The van der Waals surface area contributed by atoms with Crippen molar-refractivity contribution in [2.75, 3.05) is 6.54 Å². The second-order valence-corrected chi connectivity index (χ2v) is 6.31. The quantitative estimate of drug-likeness (QED) is 0.800. The lowest BCUT2D eigenvalue weighted by molar-refractivity contribution is 0.450. The van der Waals surface area contributed by atoms with Gasteiger partial charge in [-0.15, -0.1) is 0 Å². The van der Waals surface area contributed by atoms with Crippen molar-refractivity contribution in [1.82, 2.24) is 15.1 Å². The van der Waals surface area contributed by atoms with Crippen LogP contribution in [-0.2, 0) is 13.0 Å². The lowest BCUT2D eigenvalue weighted by atomic mass is 10.0. The highest BCUT2D eigenvalue weighted by Gasteiger charge is 2.26. The third kappa shape index (κ3) is 3.46. The molecule has 1 aromatic carbocycles. The van der Waals surface area contributed by atoms with E-state index < -0.39 is 0 Å². The number of nitrogens with one attached hydrogen (secondary N) is 1. The molecule has 1 heterocycles. The summed E-state index contributed by atoms with van der Waals surface area (Å²) < 4.78 is 2.14. The maximum atomic E-state index is 4.86. The number of benzene rings is 1. The molecule has 1 aliphatic carbocycles. The molecule has 3 nitrogen and oxygen atoms in total. The Kier molecular flexibility index (Phi) is 4.59. The van der Waals surface area contributed by atoms with Crippen LogP contribution in [0.5, 0.6) is 0 Å². The van der Waals surface area contributed by atoms with E-state index in [0.29, 0.717) is 6.04 Å². The van der Waals surface area contributed by atoms with Crippen LogP contribution in [0.1, 0.15) is 45.2 Å². The number of rotatable bonds is 8. The highest BCUT2D eigenvalue weighted by molar-refractivity contribution is 5.82. The number of aromatic nitrogens is 2. The Morgan fingerprint density at radius 3 is 2.81 bits per heavy atom. The fourth-order valence-corrected chi connectivity index (χ4v) is 3.16. The van der Waals surface area contributed by atoms with Crippen molar-refractivity contribution < 1.29 is 0 Å². The van der Waals surface area contributed by atoms with Crippen molar-refractivity contribution in [1.29, 1.82) is 0 Å². The van der Waals surface area contributed by atoms with Crippen LogP contribution in [0, 0.1) is 5.92 Å². The summed E-state index contributed by atoms with van der Waals surface area (Å²) in [6.45, 7) is 6.46. The molecule has 1 aliphatic rings. The molecule has 0 saturated heterocycles. The van der Waals surface area contributed by atoms with Crippen molar-refractivity contribution in [3.8, 4) is 0 Å². The van der Waals surface area contributed by atoms with E-state index in [-0.39, 0.29) is 0 Å². The van der Waals surface area contributed by atoms with E-state index in [1.165, 1.54) is 42.3 Å². The predicted molar refractivity (Wildman–Crippen MR) is 88.5 cm³/mol. The molecule has 0 aliphatic heterocycles. The van der Waals surface area contributed by atoms with Gasteiger partial charge >= 0.3 is 0 Å². The first-order chi connectivity index (χ1) is 10.3. The minimum Gasteiger partial charge on any atom is -0.314 e. The highest BCUT2D eigenvalue weighted by Crippen LogP contribution is 2.34. The van der Waals surface area contributed by atoms with E-state index in [1.807, 2.05) is 0 Å². The van der Waals surface area contributed by atoms with Crippen LogP contribution in [0.25, 0.3) is 10.9 Å². The summed E-state index contributed by atoms with van der Waals surface area (Å²) in [5, 5.41) is 9.92. The van der Waals surface area contributed by atoms with Crippen molar-refractivity contribution >= 4 is 10.9 Å². The molecule has 3 rings (SSSR count). The molecule has 2 aromatic rings. The predicted octanol–water partition coefficient (Wildman–Crippen LogP) is 3.77. The molecule has 3 heteroatoms. The Labute approximate surface area is 127 Å². The average molecular weight is 285 g/mol. The summed E-state index contributed by atoms with van der Waals surface area (Å²) >= 11 is 0. The zero-order valence-corrected chi connectivity index (χ0v) is 13.3. The van der Waals surface area contributed by atoms with Crippen LogP contribution in [-0.4, -0.2) is 22.4 Å². The van der Waals surface area contributed by atoms with Gasteiger partial charge in [0.25, 0.3) is 0 Å². The minimum atomic E-state index is 0.584. The van der Waals surface area contributed by atoms with Gasteiger partial charge < -0.3 is 5.32 Å². The van der Waals surface area contributed by atoms with Crippen molar-refractivity contribution in [2.45, 2.75) is 58.5 Å². The third-order valence-electron chi connectivity index (χ3n) is 4.47. The van der Waals surface area contributed by atoms with Crippen LogP contribution in [0.2, 0.25) is 0 Å². The third-order valence-corrected chi connectivity index (χ3v) is 4.47. The zero-order chi connectivity index (χ0) is 14.7. The number of fused-ring (bicyclic) bond motifs is 1. The molecule has 1 aromatic heterocycles. The molecular formula is C18H27N3. The number of nitrogens with zero attached hydrogens (tertiary/aromatic N) is 2. The van der Waals surface area contributed by atoms with E-state index in [0.717, 1.165) is 25.4 Å². The van der Waals surface area contributed by atoms with Crippen LogP contribution in [0.4, 0.5) is 0 Å². The Hall–Kier alpha value is -1.35. The summed E-state index contributed by atoms with van der Waals surface area (Å²) in [6, 6.07) is 9.23. The smallest absolute Gasteiger partial charge is 0.0718 e. The van der Waals surface area contributed by atoms with Gasteiger partial charge in [-0.1, -0.05) is 38.0 Å². The minimum absolute atomic E-state index is 0.584. The largest absolute Gasteiger partial charge is 0.314 e. The normalized spacial score (nSPS) is 16.5. The van der Waals surface area contributed by atoms with Crippen molar-refractivity contribution in [3.63, 3.8) is 0 Å². The van der Waals surface area contributed by atoms with Gasteiger partial charge in [0, 0.05) is 24.4 Å². The molecule has 1 unspecified atom stereocenters. The summed E-state index contributed by atoms with van der Waals surface area (Å²) in [4.78, 5) is 0. The Bertz CT molecular complexity index is 583. The van der Waals surface area contributed by atoms with Crippen LogP contribution < -0.4 is 5.32 Å². The van der Waals surface area contributed by atoms with Gasteiger partial charge in [-0.25, -0.2) is 0 Å². The second-order valence-electron chi connectivity index (χ2n) is 6.31. The maximum absolute atomic E-state index is 4.86. The number of hydrogen-bond acceptors (Lipinski definition) is 2. The van der Waals surface area contributed by atoms with Crippen molar-refractivity contribution in [2.24, 2.45) is 5.92 Å². The Morgan fingerprint density at radius 2 is 2.10 bits per heavy atom. The summed E-state index contributed by atoms with van der Waals surface area (Å²) in [5.74, 6) is 0.957. The van der Waals surface area contributed by atoms with Gasteiger partial charge in [0.05, 0.1) is 11.2 Å². The summed E-state index contributed by atoms with van der Waals surface area (Å²) in [5.41, 5.74) is 2.54. The van der Waals surface area contributed by atoms with Crippen LogP contribution in [0.15, 0.2) is 24.3 Å². The fourth-order valence-electron chi connectivity index (χ4n) is 3.16. The summed E-state index contributed by atoms with van der Waals surface area (Å²) in [6.07, 6.45) is 6.42. The zero-order valence-electron chi connectivity index (χ0n) is 13.3. The molecule has 1 saturated carbocycles. The molecule has 0 bridgehead atoms. The first kappa shape index (κ1) is 14.6. The van der Waals surface area contributed by atoms with Gasteiger partial charge in [0.15, 0.2) is 0 Å². The second kappa shape index (κ2) is 6.61. The van der Waals surface area contributed by atoms with Gasteiger partial charge in [0.1, 0.15) is 0 Å². The molecule has 0 amide bonds. The van der Waals surface area contributed by atoms with Crippen molar-refractivity contribution in [3.05, 3.63) is 30.0 Å². The Balaban J connectivity index is 1.80. The highest BCUT2D eigenvalue weighted by atomic mass is 15.3. The standard InChI is InChI=1S/C18H27N3/c1-3-11-19-15(12-14-9-10-14)13-17-16-7-5-6-8-18(16)21(4-2)20-17/h5-8,14-15,19H,3-4,9-13H2,1-2H3. The molecule has 114 valence electrons. The summed E-state index contributed by atoms with van der Waals surface area (Å²) in [7, 11) is 0. The number of aryl methyl sites for hydroxylation is 1. The average Bonchev–Trinajstić information content (AvgIpc) is 3.26. The van der Waals surface area contributed by atoms with E-state index in [9.17, 15) is 0 Å². The maximum Gasteiger partial charge on any atom is 0.0718 e. The first-order valence-corrected chi connectivity index (χ1v) is 8.49. The van der Waals surface area contributed by atoms with E-state index in [2.05, 4.69) is 48.1 Å². The molecule has 21 heavy (non-hydrogen) atoms. The first-order valence-electron chi connectivity index (χ1n) is 8.49. The Morgan fingerprint density at radius 1 is 1.29 bits per heavy atom. The van der Waals surface area contributed by atoms with E-state index in [1.54, 1.807) is 0 Å². The molecule has 1 fully saturated rings. The number of para-hydroxylation sites is 1. The SMILES string of the molecule is CCCNC(Cc1nn(CC)c2ccccc12)CC1CC1. The number of hydrogen-bond donors (Lipinski definition) is 1. The monoisotopic (exact) mass is 285 g/mol. The molecule has 1 N–H and O–H groups in total. The van der Waals surface area contributed by atoms with Crippen LogP contribution in [0.3, 0.4) is 0 Å². The van der Waals surface area contributed by atoms with Gasteiger partial charge in [-0.2, -0.15) is 5.10 Å². The van der Waals surface area contributed by atoms with Gasteiger partial charge in [-0.05, 0) is 38.3 Å². The van der Waals surface area contributed by atoms with Gasteiger partial charge in [0.2, 0.25) is 0 Å². The molecule has 1 atom stereocenters. The van der Waals surface area contributed by atoms with E-state index >= 15 is 0 Å². The molecule has 0 spiro atoms. The lowest BCUT2D eigenvalue weighted by Crippen LogP contribution is -2.32. The van der Waals surface area contributed by atoms with Gasteiger partial charge in [-0.3, -0.25) is 4.68 Å². The fraction of sp³-hybridized carbons (Fsp3) is 0.611. The molecular weight excluding hydrogens is 258 g/mol.